The van der Waals surface area contributed by atoms with Crippen LogP contribution in [0.3, 0.4) is 0 Å². The van der Waals surface area contributed by atoms with Crippen molar-refractivity contribution in [1.82, 2.24) is 0 Å². The zero-order valence-electron chi connectivity index (χ0n) is 13.4. The summed E-state index contributed by atoms with van der Waals surface area (Å²) in [7, 11) is 0. The highest BCUT2D eigenvalue weighted by molar-refractivity contribution is 6.05. The summed E-state index contributed by atoms with van der Waals surface area (Å²) in [6.45, 7) is 4.55. The first-order valence-electron chi connectivity index (χ1n) is 7.90. The molecule has 4 nitrogen and oxygen atoms in total. The van der Waals surface area contributed by atoms with E-state index >= 15 is 0 Å². The lowest BCUT2D eigenvalue weighted by molar-refractivity contribution is -0.118. The van der Waals surface area contributed by atoms with Crippen molar-refractivity contribution in [2.45, 2.75) is 26.7 Å². The molecule has 0 fully saturated rings. The van der Waals surface area contributed by atoms with Gasteiger partial charge in [-0.2, -0.15) is 0 Å². The van der Waals surface area contributed by atoms with E-state index in [0.717, 1.165) is 28.9 Å². The summed E-state index contributed by atoms with van der Waals surface area (Å²) in [5.74, 6) is -0.000574. The van der Waals surface area contributed by atoms with Crippen LogP contribution in [-0.2, 0) is 11.2 Å². The van der Waals surface area contributed by atoms with Crippen molar-refractivity contribution in [1.29, 1.82) is 0 Å². The lowest BCUT2D eigenvalue weighted by Gasteiger charge is -2.16. The lowest BCUT2D eigenvalue weighted by Crippen LogP contribution is -2.27. The van der Waals surface area contributed by atoms with Gasteiger partial charge in [-0.05, 0) is 54.8 Å². The smallest absolute Gasteiger partial charge is 0.255 e. The zero-order chi connectivity index (χ0) is 16.4. The Kier molecular flexibility index (Phi) is 4.15. The second-order valence-electron chi connectivity index (χ2n) is 5.82. The van der Waals surface area contributed by atoms with E-state index < -0.39 is 0 Å². The van der Waals surface area contributed by atoms with E-state index in [4.69, 9.17) is 0 Å². The van der Waals surface area contributed by atoms with Gasteiger partial charge in [0.05, 0.1) is 0 Å². The van der Waals surface area contributed by atoms with Crippen LogP contribution in [0.2, 0.25) is 0 Å². The van der Waals surface area contributed by atoms with Crippen LogP contribution in [0.5, 0.6) is 0 Å². The zero-order valence-corrected chi connectivity index (χ0v) is 13.4. The molecule has 2 aromatic rings. The fourth-order valence-electron chi connectivity index (χ4n) is 2.92. The summed E-state index contributed by atoms with van der Waals surface area (Å²) in [6, 6.07) is 13.3. The molecule has 118 valence electrons. The third-order valence-corrected chi connectivity index (χ3v) is 4.12. The first-order valence-corrected chi connectivity index (χ1v) is 7.90. The minimum atomic E-state index is -0.126. The molecular weight excluding hydrogens is 288 g/mol. The first kappa shape index (κ1) is 15.3. The molecule has 0 aliphatic carbocycles. The van der Waals surface area contributed by atoms with E-state index in [1.165, 1.54) is 0 Å². The van der Waals surface area contributed by atoms with Gasteiger partial charge in [-0.1, -0.05) is 19.1 Å². The number of anilines is 2. The van der Waals surface area contributed by atoms with Crippen LogP contribution in [0.15, 0.2) is 42.5 Å². The van der Waals surface area contributed by atoms with Crippen LogP contribution in [0.25, 0.3) is 0 Å². The maximum atomic E-state index is 12.4. The summed E-state index contributed by atoms with van der Waals surface area (Å²) in [6.07, 6.45) is 1.29. The second-order valence-corrected chi connectivity index (χ2v) is 5.82. The normalized spacial score (nSPS) is 12.9. The molecule has 2 amide bonds. The van der Waals surface area contributed by atoms with Crippen molar-refractivity contribution in [2.75, 3.05) is 16.8 Å². The number of hydrogen-bond acceptors (Lipinski definition) is 2. The van der Waals surface area contributed by atoms with Crippen LogP contribution < -0.4 is 10.2 Å². The maximum Gasteiger partial charge on any atom is 0.255 e. The van der Waals surface area contributed by atoms with Crippen LogP contribution >= 0.6 is 0 Å². The Morgan fingerprint density at radius 3 is 2.74 bits per heavy atom. The van der Waals surface area contributed by atoms with Gasteiger partial charge in [0.1, 0.15) is 0 Å². The fraction of sp³-hybridized carbons (Fsp3) is 0.263. The molecular formula is C19H20N2O2. The number of nitrogens with zero attached hydrogens (tertiary/aromatic N) is 1. The Labute approximate surface area is 136 Å². The number of amides is 2. The Hall–Kier alpha value is -2.62. The number of carbonyl (C=O) groups excluding carboxylic acids is 2. The molecule has 1 N–H and O–H groups in total. The average molecular weight is 308 g/mol. The van der Waals surface area contributed by atoms with Crippen molar-refractivity contribution in [3.05, 3.63) is 59.2 Å². The van der Waals surface area contributed by atoms with Gasteiger partial charge >= 0.3 is 0 Å². The van der Waals surface area contributed by atoms with Crippen molar-refractivity contribution in [2.24, 2.45) is 0 Å². The van der Waals surface area contributed by atoms with Crippen LogP contribution in [0.1, 0.15) is 34.8 Å². The predicted octanol–water partition coefficient (Wildman–Crippen LogP) is 3.55. The first-order chi connectivity index (χ1) is 11.1. The molecule has 0 unspecified atom stereocenters. The van der Waals surface area contributed by atoms with Gasteiger partial charge in [-0.15, -0.1) is 0 Å². The average Bonchev–Trinajstić information content (AvgIpc) is 2.97. The monoisotopic (exact) mass is 308 g/mol. The largest absolute Gasteiger partial charge is 0.322 e. The lowest BCUT2D eigenvalue weighted by atomic mass is 10.1. The van der Waals surface area contributed by atoms with Crippen LogP contribution in [-0.4, -0.2) is 18.4 Å². The van der Waals surface area contributed by atoms with E-state index in [9.17, 15) is 9.59 Å². The molecule has 0 saturated carbocycles. The molecule has 3 rings (SSSR count). The molecule has 1 aliphatic heterocycles. The molecule has 0 radical (unpaired) electrons. The Morgan fingerprint density at radius 2 is 2.00 bits per heavy atom. The number of aryl methyl sites for hydroxylation is 1. The van der Waals surface area contributed by atoms with Gasteiger partial charge < -0.3 is 10.2 Å². The van der Waals surface area contributed by atoms with Crippen molar-refractivity contribution in [3.63, 3.8) is 0 Å². The molecule has 4 heteroatoms. The third kappa shape index (κ3) is 3.11. The van der Waals surface area contributed by atoms with E-state index in [-0.39, 0.29) is 11.8 Å². The quantitative estimate of drug-likeness (QED) is 0.942. The number of rotatable bonds is 3. The predicted molar refractivity (Wildman–Crippen MR) is 91.9 cm³/mol. The van der Waals surface area contributed by atoms with Gasteiger partial charge in [-0.25, -0.2) is 0 Å². The maximum absolute atomic E-state index is 12.4. The summed E-state index contributed by atoms with van der Waals surface area (Å²) in [5.41, 5.74) is 4.51. The highest BCUT2D eigenvalue weighted by Crippen LogP contribution is 2.29. The molecule has 23 heavy (non-hydrogen) atoms. The Balaban J connectivity index is 1.80. The highest BCUT2D eigenvalue weighted by Gasteiger charge is 2.24. The summed E-state index contributed by atoms with van der Waals surface area (Å²) < 4.78 is 0. The standard InChI is InChI=1S/C19H20N2O2/c1-3-18(22)21-10-9-14-12-15(7-8-17(14)21)19(23)20-16-6-4-5-13(2)11-16/h4-8,11-12H,3,9-10H2,1-2H3,(H,20,23). The molecule has 0 atom stereocenters. The highest BCUT2D eigenvalue weighted by atomic mass is 16.2. The number of benzene rings is 2. The SMILES string of the molecule is CCC(=O)N1CCc2cc(C(=O)Nc3cccc(C)c3)ccc21. The molecule has 0 aromatic heterocycles. The van der Waals surface area contributed by atoms with E-state index in [1.54, 1.807) is 11.0 Å². The van der Waals surface area contributed by atoms with Crippen molar-refractivity contribution < 1.29 is 9.59 Å². The topological polar surface area (TPSA) is 49.4 Å². The third-order valence-electron chi connectivity index (χ3n) is 4.12. The molecule has 0 bridgehead atoms. The number of nitrogens with one attached hydrogen (secondary N) is 1. The molecule has 0 saturated heterocycles. The van der Waals surface area contributed by atoms with E-state index in [0.29, 0.717) is 18.5 Å². The summed E-state index contributed by atoms with van der Waals surface area (Å²) in [5, 5.41) is 2.92. The van der Waals surface area contributed by atoms with E-state index in [2.05, 4.69) is 5.32 Å². The molecule has 1 heterocycles. The van der Waals surface area contributed by atoms with Crippen LogP contribution in [0.4, 0.5) is 11.4 Å². The van der Waals surface area contributed by atoms with Gasteiger partial charge in [-0.3, -0.25) is 9.59 Å². The summed E-state index contributed by atoms with van der Waals surface area (Å²) >= 11 is 0. The molecule has 2 aromatic carbocycles. The van der Waals surface area contributed by atoms with Crippen molar-refractivity contribution >= 4 is 23.2 Å². The van der Waals surface area contributed by atoms with Gasteiger partial charge in [0.15, 0.2) is 0 Å². The van der Waals surface area contributed by atoms with E-state index in [1.807, 2.05) is 50.2 Å². The van der Waals surface area contributed by atoms with Crippen molar-refractivity contribution in [3.8, 4) is 0 Å². The van der Waals surface area contributed by atoms with Gasteiger partial charge in [0, 0.05) is 29.9 Å². The molecule has 1 aliphatic rings. The number of carbonyl (C=O) groups is 2. The number of hydrogen-bond donors (Lipinski definition) is 1. The number of fused-ring (bicyclic) bond motifs is 1. The van der Waals surface area contributed by atoms with Gasteiger partial charge in [0.25, 0.3) is 5.91 Å². The Bertz CT molecular complexity index is 768. The van der Waals surface area contributed by atoms with Gasteiger partial charge in [0.2, 0.25) is 5.91 Å². The van der Waals surface area contributed by atoms with Crippen LogP contribution in [0, 0.1) is 6.92 Å². The minimum absolute atomic E-state index is 0.126. The second kappa shape index (κ2) is 6.24. The fourth-order valence-corrected chi connectivity index (χ4v) is 2.92. The molecule has 0 spiro atoms. The Morgan fingerprint density at radius 1 is 1.17 bits per heavy atom. The minimum Gasteiger partial charge on any atom is -0.322 e. The summed E-state index contributed by atoms with van der Waals surface area (Å²) in [4.78, 5) is 26.1.